The summed E-state index contributed by atoms with van der Waals surface area (Å²) in [6.45, 7) is 3.36. The number of nitrogens with one attached hydrogen (secondary N) is 2. The number of carbonyl (C=O) groups is 2. The Balaban J connectivity index is 1.91. The van der Waals surface area contributed by atoms with Crippen molar-refractivity contribution in [3.63, 3.8) is 0 Å². The second kappa shape index (κ2) is 26.7. The number of hydrogen-bond acceptors (Lipinski definition) is 5. The Morgan fingerprint density at radius 2 is 1.25 bits per heavy atom. The standard InChI is InChI=1S/C32H44ClN3O2S2/c1-2-3-4-5-6-7-8-9-10-11-12-13-14-15-16-17-18-19-20-21-31(37)34-24-26-39-40-27-25-35-32(38)29-22-23-30(33)36-28-29/h3-4,6-7,9-10,12-13,15-16,18-19,22-23,28H,2,5,8,11,14,17,20-21,24-27H2,1H3,(H,34,37)(H,35,38)/b4-3-,7-6-,10-9-,13-12-,16-15-,19-18-. The van der Waals surface area contributed by atoms with Gasteiger partial charge in [-0.1, -0.05) is 113 Å². The molecular formula is C32H44ClN3O2S2. The van der Waals surface area contributed by atoms with Crippen LogP contribution in [0.4, 0.5) is 0 Å². The Bertz CT molecular complexity index is 986. The van der Waals surface area contributed by atoms with E-state index in [4.69, 9.17) is 11.6 Å². The van der Waals surface area contributed by atoms with Crippen molar-refractivity contribution < 1.29 is 9.59 Å². The molecular weight excluding hydrogens is 558 g/mol. The molecule has 0 spiro atoms. The normalized spacial score (nSPS) is 12.2. The van der Waals surface area contributed by atoms with Gasteiger partial charge in [-0.3, -0.25) is 9.59 Å². The zero-order chi connectivity index (χ0) is 28.9. The van der Waals surface area contributed by atoms with E-state index < -0.39 is 0 Å². The van der Waals surface area contributed by atoms with Gasteiger partial charge in [0, 0.05) is 37.2 Å². The largest absolute Gasteiger partial charge is 0.355 e. The highest BCUT2D eigenvalue weighted by Crippen LogP contribution is 2.19. The molecule has 0 saturated carbocycles. The van der Waals surface area contributed by atoms with Crippen molar-refractivity contribution in [1.29, 1.82) is 0 Å². The van der Waals surface area contributed by atoms with Gasteiger partial charge in [0.1, 0.15) is 5.15 Å². The zero-order valence-electron chi connectivity index (χ0n) is 23.6. The summed E-state index contributed by atoms with van der Waals surface area (Å²) >= 11 is 5.73. The van der Waals surface area contributed by atoms with Gasteiger partial charge in [-0.05, 0) is 57.1 Å². The van der Waals surface area contributed by atoms with Crippen molar-refractivity contribution in [3.8, 4) is 0 Å². The topological polar surface area (TPSA) is 71.1 Å². The molecule has 5 nitrogen and oxygen atoms in total. The minimum atomic E-state index is -0.158. The van der Waals surface area contributed by atoms with E-state index in [2.05, 4.69) is 95.5 Å². The summed E-state index contributed by atoms with van der Waals surface area (Å²) in [5.41, 5.74) is 0.494. The lowest BCUT2D eigenvalue weighted by Gasteiger charge is -2.06. The van der Waals surface area contributed by atoms with E-state index in [1.54, 1.807) is 33.7 Å². The highest BCUT2D eigenvalue weighted by atomic mass is 35.5. The molecule has 8 heteroatoms. The van der Waals surface area contributed by atoms with E-state index >= 15 is 0 Å². The lowest BCUT2D eigenvalue weighted by atomic mass is 10.2. The molecule has 1 aromatic heterocycles. The molecule has 0 unspecified atom stereocenters. The highest BCUT2D eigenvalue weighted by molar-refractivity contribution is 8.76. The molecule has 0 saturated heterocycles. The first-order valence-corrected chi connectivity index (χ1v) is 16.8. The maximum atomic E-state index is 12.0. The number of halogens is 1. The SMILES string of the molecule is CC/C=C\C/C=C\C/C=C\C/C=C\C/C=C\C/C=C\CCC(=O)NCCSSCCNC(=O)c1ccc(Cl)nc1. The Kier molecular flexibility index (Phi) is 23.8. The number of amides is 2. The fourth-order valence-electron chi connectivity index (χ4n) is 3.11. The van der Waals surface area contributed by atoms with Crippen LogP contribution in [0.2, 0.25) is 5.15 Å². The number of carbonyl (C=O) groups excluding carboxylic acids is 2. The van der Waals surface area contributed by atoms with Gasteiger partial charge in [0.15, 0.2) is 0 Å². The summed E-state index contributed by atoms with van der Waals surface area (Å²) in [5, 5.41) is 6.16. The van der Waals surface area contributed by atoms with Crippen LogP contribution in [0, 0.1) is 0 Å². The van der Waals surface area contributed by atoms with E-state index in [-0.39, 0.29) is 11.8 Å². The monoisotopic (exact) mass is 601 g/mol. The average molecular weight is 602 g/mol. The summed E-state index contributed by atoms with van der Waals surface area (Å²) in [4.78, 5) is 27.8. The summed E-state index contributed by atoms with van der Waals surface area (Å²) in [5.74, 6) is 1.53. The first kappa shape index (κ1) is 35.5. The van der Waals surface area contributed by atoms with Crippen molar-refractivity contribution in [2.24, 2.45) is 0 Å². The van der Waals surface area contributed by atoms with Crippen molar-refractivity contribution in [1.82, 2.24) is 15.6 Å². The Morgan fingerprint density at radius 3 is 1.75 bits per heavy atom. The van der Waals surface area contributed by atoms with Crippen LogP contribution in [0.1, 0.15) is 68.6 Å². The van der Waals surface area contributed by atoms with E-state index in [1.807, 2.05) is 0 Å². The van der Waals surface area contributed by atoms with E-state index in [1.165, 1.54) is 6.20 Å². The van der Waals surface area contributed by atoms with Crippen LogP contribution in [0.5, 0.6) is 0 Å². The minimum Gasteiger partial charge on any atom is -0.355 e. The van der Waals surface area contributed by atoms with E-state index in [0.29, 0.717) is 30.2 Å². The van der Waals surface area contributed by atoms with Crippen LogP contribution >= 0.6 is 33.2 Å². The van der Waals surface area contributed by atoms with Gasteiger partial charge >= 0.3 is 0 Å². The van der Waals surface area contributed by atoms with Crippen molar-refractivity contribution in [2.45, 2.75) is 58.3 Å². The number of allylic oxidation sites excluding steroid dienone is 12. The molecule has 218 valence electrons. The Hall–Kier alpha value is -2.48. The van der Waals surface area contributed by atoms with Gasteiger partial charge in [-0.15, -0.1) is 0 Å². The molecule has 1 heterocycles. The van der Waals surface area contributed by atoms with Gasteiger partial charge in [0.25, 0.3) is 5.91 Å². The van der Waals surface area contributed by atoms with Crippen molar-refractivity contribution in [3.05, 3.63) is 102 Å². The molecule has 0 aromatic carbocycles. The van der Waals surface area contributed by atoms with Crippen molar-refractivity contribution >= 4 is 45.0 Å². The van der Waals surface area contributed by atoms with Gasteiger partial charge < -0.3 is 10.6 Å². The minimum absolute atomic E-state index is 0.0777. The van der Waals surface area contributed by atoms with Gasteiger partial charge in [0.2, 0.25) is 5.91 Å². The maximum Gasteiger partial charge on any atom is 0.252 e. The highest BCUT2D eigenvalue weighted by Gasteiger charge is 2.05. The molecule has 0 aliphatic heterocycles. The van der Waals surface area contributed by atoms with Crippen LogP contribution in [0.15, 0.2) is 91.2 Å². The smallest absolute Gasteiger partial charge is 0.252 e. The predicted octanol–water partition coefficient (Wildman–Crippen LogP) is 8.44. The quantitative estimate of drug-likeness (QED) is 0.0604. The molecule has 0 bridgehead atoms. The van der Waals surface area contributed by atoms with Crippen molar-refractivity contribution in [2.75, 3.05) is 24.6 Å². The summed E-state index contributed by atoms with van der Waals surface area (Å²) in [6, 6.07) is 3.25. The van der Waals surface area contributed by atoms with Crippen LogP contribution in [0.3, 0.4) is 0 Å². The fraction of sp³-hybridized carbons (Fsp3) is 0.406. The third-order valence-corrected chi connectivity index (χ3v) is 7.82. The van der Waals surface area contributed by atoms with Gasteiger partial charge in [-0.25, -0.2) is 4.98 Å². The lowest BCUT2D eigenvalue weighted by molar-refractivity contribution is -0.120. The third-order valence-electron chi connectivity index (χ3n) is 5.19. The summed E-state index contributed by atoms with van der Waals surface area (Å²) < 4.78 is 0. The first-order chi connectivity index (χ1) is 19.6. The Morgan fingerprint density at radius 1 is 0.750 bits per heavy atom. The number of hydrogen-bond donors (Lipinski definition) is 2. The Labute approximate surface area is 254 Å². The lowest BCUT2D eigenvalue weighted by Crippen LogP contribution is -2.26. The third kappa shape index (κ3) is 22.3. The molecule has 1 aromatic rings. The first-order valence-electron chi connectivity index (χ1n) is 13.9. The molecule has 0 aliphatic rings. The van der Waals surface area contributed by atoms with Crippen LogP contribution < -0.4 is 10.6 Å². The molecule has 2 N–H and O–H groups in total. The second-order valence-corrected chi connectivity index (χ2v) is 11.7. The summed E-state index contributed by atoms with van der Waals surface area (Å²) in [7, 11) is 3.36. The molecule has 2 amide bonds. The predicted molar refractivity (Wildman–Crippen MR) is 177 cm³/mol. The number of pyridine rings is 1. The molecule has 0 fully saturated rings. The summed E-state index contributed by atoms with van der Waals surface area (Å²) in [6.07, 6.45) is 34.8. The molecule has 1 rings (SSSR count). The van der Waals surface area contributed by atoms with Gasteiger partial charge in [-0.2, -0.15) is 0 Å². The molecule has 0 aliphatic carbocycles. The van der Waals surface area contributed by atoms with Gasteiger partial charge in [0.05, 0.1) is 5.56 Å². The van der Waals surface area contributed by atoms with E-state index in [9.17, 15) is 9.59 Å². The van der Waals surface area contributed by atoms with Crippen LogP contribution in [0.25, 0.3) is 0 Å². The molecule has 0 atom stereocenters. The number of aromatic nitrogens is 1. The number of rotatable bonds is 22. The fourth-order valence-corrected chi connectivity index (χ4v) is 5.04. The number of nitrogens with zero attached hydrogens (tertiary/aromatic N) is 1. The van der Waals surface area contributed by atoms with Crippen LogP contribution in [-0.2, 0) is 4.79 Å². The molecule has 40 heavy (non-hydrogen) atoms. The van der Waals surface area contributed by atoms with E-state index in [0.717, 1.165) is 56.5 Å². The van der Waals surface area contributed by atoms with Crippen LogP contribution in [-0.4, -0.2) is 41.4 Å². The average Bonchev–Trinajstić information content (AvgIpc) is 2.96. The maximum absolute atomic E-state index is 12.0. The zero-order valence-corrected chi connectivity index (χ0v) is 26.0. The second-order valence-electron chi connectivity index (χ2n) is 8.57. The molecule has 0 radical (unpaired) electrons.